The second kappa shape index (κ2) is 8.67. The standard InChI is InChI=1S/C36H22B2O3/c1-2-12-25(37-26-13-3-7-17-30(26)39-31-18-8-4-14-27(31)37)24(11-1)23-21-34-36-35(22-23)41-33-20-10-6-16-29(33)38(36)28-15-5-9-19-32(28)40-34/h1-22H. The van der Waals surface area contributed by atoms with Gasteiger partial charge in [-0.1, -0.05) is 103 Å². The lowest BCUT2D eigenvalue weighted by molar-refractivity contribution is 0.465. The molecule has 41 heavy (non-hydrogen) atoms. The van der Waals surface area contributed by atoms with Gasteiger partial charge in [-0.05, 0) is 69.4 Å². The average Bonchev–Trinajstić information content (AvgIpc) is 3.03. The fourth-order valence-corrected chi connectivity index (χ4v) is 6.81. The molecule has 0 aromatic heterocycles. The summed E-state index contributed by atoms with van der Waals surface area (Å²) in [5.41, 5.74) is 9.16. The van der Waals surface area contributed by atoms with Crippen molar-refractivity contribution in [3.8, 4) is 45.6 Å². The van der Waals surface area contributed by atoms with Crippen LogP contribution in [0.15, 0.2) is 133 Å². The Hall–Kier alpha value is -5.15. The van der Waals surface area contributed by atoms with Gasteiger partial charge in [0.05, 0.1) is 0 Å². The van der Waals surface area contributed by atoms with Crippen molar-refractivity contribution in [2.45, 2.75) is 0 Å². The minimum Gasteiger partial charge on any atom is -0.458 e. The van der Waals surface area contributed by atoms with Crippen molar-refractivity contribution in [3.05, 3.63) is 133 Å². The third-order valence-electron chi connectivity index (χ3n) is 8.56. The Labute approximate surface area is 239 Å². The molecule has 0 radical (unpaired) electrons. The van der Waals surface area contributed by atoms with Gasteiger partial charge in [0.15, 0.2) is 0 Å². The number of hydrogen-bond acceptors (Lipinski definition) is 3. The number of benzene rings is 6. The summed E-state index contributed by atoms with van der Waals surface area (Å²) < 4.78 is 19.5. The minimum atomic E-state index is 0.0239. The van der Waals surface area contributed by atoms with E-state index < -0.39 is 0 Å². The van der Waals surface area contributed by atoms with Gasteiger partial charge in [-0.2, -0.15) is 0 Å². The van der Waals surface area contributed by atoms with Gasteiger partial charge in [-0.15, -0.1) is 0 Å². The molecule has 0 spiro atoms. The first kappa shape index (κ1) is 22.6. The van der Waals surface area contributed by atoms with E-state index in [0.717, 1.165) is 62.0 Å². The zero-order chi connectivity index (χ0) is 26.9. The van der Waals surface area contributed by atoms with Crippen molar-refractivity contribution >= 4 is 46.2 Å². The molecule has 190 valence electrons. The third kappa shape index (κ3) is 3.36. The predicted molar refractivity (Wildman–Crippen MR) is 167 cm³/mol. The number of rotatable bonds is 2. The maximum absolute atomic E-state index is 6.60. The van der Waals surface area contributed by atoms with Crippen molar-refractivity contribution in [3.63, 3.8) is 0 Å². The summed E-state index contributed by atoms with van der Waals surface area (Å²) >= 11 is 0. The van der Waals surface area contributed by atoms with Crippen LogP contribution >= 0.6 is 0 Å². The molecule has 0 saturated carbocycles. The van der Waals surface area contributed by atoms with Crippen LogP contribution in [0.2, 0.25) is 0 Å². The van der Waals surface area contributed by atoms with Gasteiger partial charge in [0, 0.05) is 5.46 Å². The van der Waals surface area contributed by atoms with Crippen LogP contribution in [-0.2, 0) is 0 Å². The highest BCUT2D eigenvalue weighted by Gasteiger charge is 2.40. The van der Waals surface area contributed by atoms with E-state index in [9.17, 15) is 0 Å². The van der Waals surface area contributed by atoms with Crippen molar-refractivity contribution in [2.24, 2.45) is 0 Å². The first-order chi connectivity index (χ1) is 20.3. The third-order valence-corrected chi connectivity index (χ3v) is 8.56. The molecule has 3 nitrogen and oxygen atoms in total. The van der Waals surface area contributed by atoms with Gasteiger partial charge in [0.25, 0.3) is 13.4 Å². The van der Waals surface area contributed by atoms with Gasteiger partial charge in [-0.3, -0.25) is 0 Å². The minimum absolute atomic E-state index is 0.0239. The van der Waals surface area contributed by atoms with Gasteiger partial charge in [0.2, 0.25) is 0 Å². The molecule has 5 heteroatoms. The molecular weight excluding hydrogens is 502 g/mol. The Bertz CT molecular complexity index is 1900. The Morgan fingerprint density at radius 1 is 0.341 bits per heavy atom. The Kier molecular flexibility index (Phi) is 4.79. The molecular formula is C36H22B2O3. The molecule has 0 amide bonds. The van der Waals surface area contributed by atoms with E-state index in [4.69, 9.17) is 14.2 Å². The molecule has 3 aliphatic heterocycles. The second-order valence-electron chi connectivity index (χ2n) is 10.8. The fourth-order valence-electron chi connectivity index (χ4n) is 6.81. The number of ether oxygens (including phenoxy) is 3. The van der Waals surface area contributed by atoms with E-state index in [-0.39, 0.29) is 13.4 Å². The molecule has 6 aromatic rings. The fraction of sp³-hybridized carbons (Fsp3) is 0. The molecule has 0 unspecified atom stereocenters. The van der Waals surface area contributed by atoms with Crippen LogP contribution in [0, 0.1) is 0 Å². The van der Waals surface area contributed by atoms with Crippen LogP contribution in [-0.4, -0.2) is 13.4 Å². The predicted octanol–water partition coefficient (Wildman–Crippen LogP) is 4.70. The average molecular weight is 524 g/mol. The first-order valence-corrected chi connectivity index (χ1v) is 14.0. The number of hydrogen-bond donors (Lipinski definition) is 0. The molecule has 3 heterocycles. The topological polar surface area (TPSA) is 27.7 Å². The van der Waals surface area contributed by atoms with E-state index in [1.807, 2.05) is 24.3 Å². The highest BCUT2D eigenvalue weighted by atomic mass is 16.5. The van der Waals surface area contributed by atoms with Crippen molar-refractivity contribution in [1.82, 2.24) is 0 Å². The normalized spacial score (nSPS) is 13.4. The lowest BCUT2D eigenvalue weighted by Gasteiger charge is -2.33. The molecule has 9 rings (SSSR count). The number of para-hydroxylation sites is 4. The first-order valence-electron chi connectivity index (χ1n) is 14.0. The molecule has 3 aliphatic rings. The monoisotopic (exact) mass is 524 g/mol. The van der Waals surface area contributed by atoms with Crippen molar-refractivity contribution < 1.29 is 14.2 Å². The van der Waals surface area contributed by atoms with Crippen molar-refractivity contribution in [1.29, 1.82) is 0 Å². The van der Waals surface area contributed by atoms with Crippen LogP contribution in [0.1, 0.15) is 0 Å². The van der Waals surface area contributed by atoms with Crippen LogP contribution in [0.5, 0.6) is 34.5 Å². The van der Waals surface area contributed by atoms with Crippen LogP contribution in [0.4, 0.5) is 0 Å². The van der Waals surface area contributed by atoms with Gasteiger partial charge in [-0.25, -0.2) is 0 Å². The zero-order valence-electron chi connectivity index (χ0n) is 22.1. The lowest BCUT2D eigenvalue weighted by atomic mass is 9.34. The van der Waals surface area contributed by atoms with Crippen LogP contribution in [0.3, 0.4) is 0 Å². The van der Waals surface area contributed by atoms with Gasteiger partial charge < -0.3 is 14.2 Å². The molecule has 6 aromatic carbocycles. The van der Waals surface area contributed by atoms with E-state index in [2.05, 4.69) is 109 Å². The summed E-state index contributed by atoms with van der Waals surface area (Å²) in [6.45, 7) is 0.0872. The van der Waals surface area contributed by atoms with E-state index in [1.54, 1.807) is 0 Å². The van der Waals surface area contributed by atoms with Crippen LogP contribution < -0.4 is 47.0 Å². The molecule has 0 saturated heterocycles. The summed E-state index contributed by atoms with van der Waals surface area (Å²) in [5.74, 6) is 5.27. The van der Waals surface area contributed by atoms with E-state index in [1.165, 1.54) is 16.4 Å². The quantitative estimate of drug-likeness (QED) is 0.307. The maximum Gasteiger partial charge on any atom is 0.260 e. The summed E-state index contributed by atoms with van der Waals surface area (Å²) in [5, 5.41) is 0. The van der Waals surface area contributed by atoms with E-state index >= 15 is 0 Å². The Balaban J connectivity index is 1.26. The lowest BCUT2D eigenvalue weighted by Crippen LogP contribution is -2.57. The molecule has 0 bridgehead atoms. The maximum atomic E-state index is 6.60. The molecule has 0 N–H and O–H groups in total. The SMILES string of the molecule is c1ccc2c(c1)Oc1ccccc1B2c1ccccc1-c1cc2c3c(c1)Oc1ccccc1B3c1ccccc1O2. The van der Waals surface area contributed by atoms with E-state index in [0.29, 0.717) is 0 Å². The van der Waals surface area contributed by atoms with Gasteiger partial charge in [0.1, 0.15) is 34.5 Å². The largest absolute Gasteiger partial charge is 0.458 e. The summed E-state index contributed by atoms with van der Waals surface area (Å²) in [6, 6.07) is 46.4. The smallest absolute Gasteiger partial charge is 0.260 e. The molecule has 0 aliphatic carbocycles. The van der Waals surface area contributed by atoms with Gasteiger partial charge >= 0.3 is 0 Å². The number of fused-ring (bicyclic) bond motifs is 6. The highest BCUT2D eigenvalue weighted by Crippen LogP contribution is 2.38. The summed E-state index contributed by atoms with van der Waals surface area (Å²) in [6.07, 6.45) is 0. The van der Waals surface area contributed by atoms with Crippen LogP contribution in [0.25, 0.3) is 11.1 Å². The Morgan fingerprint density at radius 2 is 0.707 bits per heavy atom. The molecule has 0 atom stereocenters. The zero-order valence-corrected chi connectivity index (χ0v) is 22.1. The van der Waals surface area contributed by atoms with Crippen molar-refractivity contribution in [2.75, 3.05) is 0 Å². The Morgan fingerprint density at radius 3 is 1.20 bits per heavy atom. The summed E-state index contributed by atoms with van der Waals surface area (Å²) in [4.78, 5) is 0. The highest BCUT2D eigenvalue weighted by molar-refractivity contribution is 6.98. The summed E-state index contributed by atoms with van der Waals surface area (Å²) in [7, 11) is 0. The molecule has 0 fully saturated rings. The second-order valence-corrected chi connectivity index (χ2v) is 10.8.